The van der Waals surface area contributed by atoms with Gasteiger partial charge in [0, 0.05) is 25.7 Å². The molecule has 0 bridgehead atoms. The van der Waals surface area contributed by atoms with Crippen LogP contribution < -0.4 is 0 Å². The Bertz CT molecular complexity index is 1300. The number of amides is 1. The number of pyridine rings is 1. The minimum atomic E-state index is -4.57. The van der Waals surface area contributed by atoms with Crippen molar-refractivity contribution in [2.24, 2.45) is 7.05 Å². The van der Waals surface area contributed by atoms with Crippen molar-refractivity contribution in [3.63, 3.8) is 0 Å². The molecule has 4 aromatic rings. The predicted molar refractivity (Wildman–Crippen MR) is 101 cm³/mol. The molecule has 160 valence electrons. The van der Waals surface area contributed by atoms with Gasteiger partial charge in [-0.3, -0.25) is 4.79 Å². The predicted octanol–water partition coefficient (Wildman–Crippen LogP) is 2.30. The fraction of sp³-hybridized carbons (Fsp3) is 0.316. The Hall–Kier alpha value is -3.70. The van der Waals surface area contributed by atoms with E-state index in [1.165, 1.54) is 28.0 Å². The third-order valence-corrected chi connectivity index (χ3v) is 5.32. The number of aromatic nitrogens is 7. The number of nitrogens with zero attached hydrogens (tertiary/aromatic N) is 7. The van der Waals surface area contributed by atoms with Crippen molar-refractivity contribution in [3.05, 3.63) is 65.0 Å². The summed E-state index contributed by atoms with van der Waals surface area (Å²) in [4.78, 5) is 26.5. The van der Waals surface area contributed by atoms with E-state index in [9.17, 15) is 18.0 Å². The van der Waals surface area contributed by atoms with Gasteiger partial charge in [-0.05, 0) is 25.1 Å². The van der Waals surface area contributed by atoms with E-state index in [0.29, 0.717) is 24.5 Å². The zero-order valence-electron chi connectivity index (χ0n) is 16.6. The van der Waals surface area contributed by atoms with Gasteiger partial charge >= 0.3 is 6.18 Å². The monoisotopic (exact) mass is 430 g/mol. The summed E-state index contributed by atoms with van der Waals surface area (Å²) in [5.41, 5.74) is 1.04. The molecule has 1 amide bonds. The number of alkyl halides is 3. The molecule has 0 saturated heterocycles. The van der Waals surface area contributed by atoms with Gasteiger partial charge in [0.2, 0.25) is 5.82 Å². The molecule has 4 aromatic heterocycles. The molecule has 1 atom stereocenters. The first kappa shape index (κ1) is 19.3. The first-order valence-electron chi connectivity index (χ1n) is 9.50. The van der Waals surface area contributed by atoms with Gasteiger partial charge in [0.05, 0.1) is 23.2 Å². The van der Waals surface area contributed by atoms with Crippen molar-refractivity contribution < 1.29 is 18.0 Å². The minimum Gasteiger partial charge on any atom is -0.348 e. The highest BCUT2D eigenvalue weighted by Crippen LogP contribution is 2.35. The lowest BCUT2D eigenvalue weighted by Gasteiger charge is -2.33. The average molecular weight is 430 g/mol. The van der Waals surface area contributed by atoms with Crippen molar-refractivity contribution in [2.45, 2.75) is 25.6 Å². The van der Waals surface area contributed by atoms with E-state index in [2.05, 4.69) is 25.1 Å². The van der Waals surface area contributed by atoms with Crippen LogP contribution in [0.5, 0.6) is 0 Å². The number of hydrogen-bond acceptors (Lipinski definition) is 5. The summed E-state index contributed by atoms with van der Waals surface area (Å²) in [5.74, 6) is 0.193. The number of aromatic amines is 1. The first-order valence-corrected chi connectivity index (χ1v) is 9.50. The fourth-order valence-electron chi connectivity index (χ4n) is 4.01. The van der Waals surface area contributed by atoms with Crippen LogP contribution in [-0.2, 0) is 19.6 Å². The van der Waals surface area contributed by atoms with Crippen molar-refractivity contribution in [1.29, 1.82) is 0 Å². The summed E-state index contributed by atoms with van der Waals surface area (Å²) < 4.78 is 42.7. The number of halogens is 3. The molecule has 0 fully saturated rings. The lowest BCUT2D eigenvalue weighted by atomic mass is 9.99. The van der Waals surface area contributed by atoms with Crippen LogP contribution in [0.15, 0.2) is 30.6 Å². The van der Waals surface area contributed by atoms with E-state index in [0.717, 1.165) is 16.3 Å². The largest absolute Gasteiger partial charge is 0.433 e. The normalized spacial score (nSPS) is 16.7. The summed E-state index contributed by atoms with van der Waals surface area (Å²) in [6.07, 6.45) is -2.54. The smallest absolute Gasteiger partial charge is 0.348 e. The summed E-state index contributed by atoms with van der Waals surface area (Å²) >= 11 is 0. The quantitative estimate of drug-likeness (QED) is 0.526. The van der Waals surface area contributed by atoms with E-state index >= 15 is 0 Å². The highest BCUT2D eigenvalue weighted by Gasteiger charge is 2.39. The van der Waals surface area contributed by atoms with E-state index < -0.39 is 23.8 Å². The molecule has 5 rings (SSSR count). The van der Waals surface area contributed by atoms with Crippen LogP contribution in [0.25, 0.3) is 5.52 Å². The van der Waals surface area contributed by atoms with Crippen molar-refractivity contribution >= 4 is 11.4 Å². The summed E-state index contributed by atoms with van der Waals surface area (Å²) in [6.45, 7) is 2.00. The molecular formula is C19H17F3N8O. The third-order valence-electron chi connectivity index (χ3n) is 5.32. The maximum absolute atomic E-state index is 13.5. The van der Waals surface area contributed by atoms with Gasteiger partial charge in [0.15, 0.2) is 0 Å². The van der Waals surface area contributed by atoms with E-state index in [1.54, 1.807) is 20.0 Å². The van der Waals surface area contributed by atoms with Crippen LogP contribution in [0.2, 0.25) is 0 Å². The van der Waals surface area contributed by atoms with Crippen LogP contribution >= 0.6 is 0 Å². The zero-order chi connectivity index (χ0) is 21.9. The van der Waals surface area contributed by atoms with Gasteiger partial charge in [0.25, 0.3) is 5.91 Å². The number of imidazole rings is 1. The number of rotatable bonds is 2. The van der Waals surface area contributed by atoms with Crippen LogP contribution in [0.1, 0.15) is 45.3 Å². The number of carbonyl (C=O) groups excluding carboxylic acids is 1. The highest BCUT2D eigenvalue weighted by atomic mass is 19.4. The first-order chi connectivity index (χ1) is 14.7. The molecule has 1 aliphatic rings. The molecule has 1 unspecified atom stereocenters. The van der Waals surface area contributed by atoms with Crippen molar-refractivity contribution in [1.82, 2.24) is 39.2 Å². The SMILES string of the molecule is Cc1nc(C(=O)N2CCc3[nH]cnc3C2c2cc3cccc(C(F)(F)F)n3n2)n(C)n1. The third kappa shape index (κ3) is 3.05. The molecule has 0 spiro atoms. The van der Waals surface area contributed by atoms with Crippen molar-refractivity contribution in [3.8, 4) is 0 Å². The van der Waals surface area contributed by atoms with Gasteiger partial charge in [0.1, 0.15) is 17.6 Å². The van der Waals surface area contributed by atoms with Crippen LogP contribution in [0.4, 0.5) is 13.2 Å². The van der Waals surface area contributed by atoms with E-state index in [1.807, 2.05) is 0 Å². The van der Waals surface area contributed by atoms with Gasteiger partial charge < -0.3 is 9.88 Å². The Balaban J connectivity index is 1.66. The molecular weight excluding hydrogens is 413 g/mol. The maximum atomic E-state index is 13.5. The molecule has 0 saturated carbocycles. The second-order valence-electron chi connectivity index (χ2n) is 7.34. The van der Waals surface area contributed by atoms with Gasteiger partial charge in [-0.15, -0.1) is 0 Å². The number of fused-ring (bicyclic) bond motifs is 2. The van der Waals surface area contributed by atoms with E-state index in [-0.39, 0.29) is 17.0 Å². The van der Waals surface area contributed by atoms with Crippen LogP contribution in [0.3, 0.4) is 0 Å². The topological polar surface area (TPSA) is 97.0 Å². The number of nitrogens with one attached hydrogen (secondary N) is 1. The lowest BCUT2D eigenvalue weighted by Crippen LogP contribution is -2.42. The zero-order valence-corrected chi connectivity index (χ0v) is 16.6. The number of carbonyl (C=O) groups is 1. The second-order valence-corrected chi connectivity index (χ2v) is 7.34. The number of hydrogen-bond donors (Lipinski definition) is 1. The molecule has 0 radical (unpaired) electrons. The molecule has 31 heavy (non-hydrogen) atoms. The molecule has 12 heteroatoms. The maximum Gasteiger partial charge on any atom is 0.433 e. The van der Waals surface area contributed by atoms with Crippen LogP contribution in [-0.4, -0.2) is 51.7 Å². The highest BCUT2D eigenvalue weighted by molar-refractivity contribution is 5.91. The van der Waals surface area contributed by atoms with Crippen molar-refractivity contribution in [2.75, 3.05) is 6.54 Å². The molecule has 0 aliphatic carbocycles. The van der Waals surface area contributed by atoms with Crippen LogP contribution in [0, 0.1) is 6.92 Å². The molecule has 0 aromatic carbocycles. The molecule has 5 heterocycles. The summed E-state index contributed by atoms with van der Waals surface area (Å²) in [5, 5.41) is 8.37. The Kier molecular flexibility index (Phi) is 4.14. The summed E-state index contributed by atoms with van der Waals surface area (Å²) in [6, 6.07) is 4.62. The van der Waals surface area contributed by atoms with Gasteiger partial charge in [-0.25, -0.2) is 19.2 Å². The van der Waals surface area contributed by atoms with Gasteiger partial charge in [-0.1, -0.05) is 6.07 Å². The lowest BCUT2D eigenvalue weighted by molar-refractivity contribution is -0.142. The Morgan fingerprint density at radius 3 is 2.77 bits per heavy atom. The second kappa shape index (κ2) is 6.65. The molecule has 1 aliphatic heterocycles. The summed E-state index contributed by atoms with van der Waals surface area (Å²) in [7, 11) is 1.62. The Morgan fingerprint density at radius 1 is 1.26 bits per heavy atom. The number of aryl methyl sites for hydroxylation is 2. The fourth-order valence-corrected chi connectivity index (χ4v) is 4.01. The standard InChI is InChI=1S/C19H17F3N8O/c1-10-25-17(28(2)26-10)18(31)29-7-6-12-15(24-9-23-12)16(29)13-8-11-4-3-5-14(19(20,21)22)30(11)27-13/h3-5,8-9,16H,6-7H2,1-2H3,(H,23,24). The minimum absolute atomic E-state index is 0.140. The molecule has 9 nitrogen and oxygen atoms in total. The number of H-pyrrole nitrogens is 1. The Labute approximate surface area is 173 Å². The Morgan fingerprint density at radius 2 is 2.06 bits per heavy atom. The van der Waals surface area contributed by atoms with Gasteiger partial charge in [-0.2, -0.15) is 23.4 Å². The molecule has 1 N–H and O–H groups in total. The average Bonchev–Trinajstić information content (AvgIpc) is 3.42. The van der Waals surface area contributed by atoms with E-state index in [4.69, 9.17) is 0 Å².